The summed E-state index contributed by atoms with van der Waals surface area (Å²) in [6.45, 7) is 2.59. The number of rotatable bonds is 3. The molecule has 3 aromatic heterocycles. The average Bonchev–Trinajstić information content (AvgIpc) is 2.85. The van der Waals surface area contributed by atoms with E-state index in [1.54, 1.807) is 12.4 Å². The maximum Gasteiger partial charge on any atom is 0.180 e. The Morgan fingerprint density at radius 3 is 3.00 bits per heavy atom. The Kier molecular flexibility index (Phi) is 2.75. The standard InChI is InChI=1S/C13H14N6/c1-9-2-3-10(6-16-9)7-17-12-13-15-4-5-19(13)8-11(14)18-12/h2-6,8H,7,14H2,1H3,(H,17,18). The summed E-state index contributed by atoms with van der Waals surface area (Å²) in [5.74, 6) is 1.13. The molecule has 0 fully saturated rings. The molecule has 0 bridgehead atoms. The monoisotopic (exact) mass is 254 g/mol. The van der Waals surface area contributed by atoms with Crippen LogP contribution in [0.25, 0.3) is 5.65 Å². The highest BCUT2D eigenvalue weighted by atomic mass is 15.1. The maximum atomic E-state index is 5.76. The van der Waals surface area contributed by atoms with Gasteiger partial charge >= 0.3 is 0 Å². The largest absolute Gasteiger partial charge is 0.382 e. The van der Waals surface area contributed by atoms with Gasteiger partial charge in [0, 0.05) is 30.8 Å². The molecule has 0 spiro atoms. The van der Waals surface area contributed by atoms with E-state index in [0.717, 1.165) is 16.9 Å². The highest BCUT2D eigenvalue weighted by molar-refractivity contribution is 5.64. The summed E-state index contributed by atoms with van der Waals surface area (Å²) in [4.78, 5) is 12.8. The number of hydrogen-bond donors (Lipinski definition) is 2. The van der Waals surface area contributed by atoms with Crippen molar-refractivity contribution in [1.29, 1.82) is 0 Å². The van der Waals surface area contributed by atoms with Gasteiger partial charge < -0.3 is 15.5 Å². The molecule has 3 aromatic rings. The topological polar surface area (TPSA) is 81.1 Å². The zero-order valence-electron chi connectivity index (χ0n) is 10.5. The van der Waals surface area contributed by atoms with E-state index >= 15 is 0 Å². The Labute approximate surface area is 110 Å². The van der Waals surface area contributed by atoms with Crippen molar-refractivity contribution in [2.75, 3.05) is 11.1 Å². The number of aryl methyl sites for hydroxylation is 1. The summed E-state index contributed by atoms with van der Waals surface area (Å²) >= 11 is 0. The van der Waals surface area contributed by atoms with E-state index in [0.29, 0.717) is 18.2 Å². The van der Waals surface area contributed by atoms with Gasteiger partial charge in [0.25, 0.3) is 0 Å². The zero-order valence-corrected chi connectivity index (χ0v) is 10.5. The number of fused-ring (bicyclic) bond motifs is 1. The molecular weight excluding hydrogens is 240 g/mol. The number of anilines is 2. The molecule has 3 N–H and O–H groups in total. The lowest BCUT2D eigenvalue weighted by Gasteiger charge is -2.08. The minimum Gasteiger partial charge on any atom is -0.382 e. The normalized spacial score (nSPS) is 10.8. The van der Waals surface area contributed by atoms with Crippen LogP contribution in [0.3, 0.4) is 0 Å². The van der Waals surface area contributed by atoms with E-state index in [4.69, 9.17) is 5.73 Å². The summed E-state index contributed by atoms with van der Waals surface area (Å²) in [6, 6.07) is 4.01. The van der Waals surface area contributed by atoms with Gasteiger partial charge in [0.1, 0.15) is 5.82 Å². The molecule has 0 atom stereocenters. The Morgan fingerprint density at radius 1 is 1.32 bits per heavy atom. The number of imidazole rings is 1. The molecule has 0 aliphatic carbocycles. The van der Waals surface area contributed by atoms with Crippen LogP contribution in [0.15, 0.2) is 36.9 Å². The first-order valence-corrected chi connectivity index (χ1v) is 5.97. The van der Waals surface area contributed by atoms with Crippen molar-refractivity contribution in [2.45, 2.75) is 13.5 Å². The molecule has 6 heteroatoms. The van der Waals surface area contributed by atoms with Gasteiger partial charge in [-0.15, -0.1) is 0 Å². The third-order valence-electron chi connectivity index (χ3n) is 2.83. The predicted molar refractivity (Wildman–Crippen MR) is 73.7 cm³/mol. The highest BCUT2D eigenvalue weighted by Crippen LogP contribution is 2.15. The van der Waals surface area contributed by atoms with Gasteiger partial charge in [-0.1, -0.05) is 6.07 Å². The van der Waals surface area contributed by atoms with E-state index in [9.17, 15) is 0 Å². The van der Waals surface area contributed by atoms with E-state index in [1.807, 2.05) is 35.9 Å². The van der Waals surface area contributed by atoms with E-state index < -0.39 is 0 Å². The van der Waals surface area contributed by atoms with Gasteiger partial charge in [-0.2, -0.15) is 0 Å². The molecule has 0 aliphatic rings. The Balaban J connectivity index is 1.85. The minimum absolute atomic E-state index is 0.454. The molecule has 3 rings (SSSR count). The van der Waals surface area contributed by atoms with Crippen LogP contribution in [-0.2, 0) is 6.54 Å². The first-order valence-electron chi connectivity index (χ1n) is 5.97. The maximum absolute atomic E-state index is 5.76. The van der Waals surface area contributed by atoms with Crippen LogP contribution in [0.4, 0.5) is 11.6 Å². The number of pyridine rings is 1. The smallest absolute Gasteiger partial charge is 0.180 e. The van der Waals surface area contributed by atoms with Crippen LogP contribution in [-0.4, -0.2) is 19.4 Å². The second kappa shape index (κ2) is 4.56. The molecule has 0 aromatic carbocycles. The van der Waals surface area contributed by atoms with Gasteiger partial charge in [0.05, 0.1) is 6.20 Å². The van der Waals surface area contributed by atoms with Gasteiger partial charge in [0.15, 0.2) is 11.5 Å². The molecule has 6 nitrogen and oxygen atoms in total. The predicted octanol–water partition coefficient (Wildman–Crippen LogP) is 1.63. The van der Waals surface area contributed by atoms with Crippen LogP contribution in [0.1, 0.15) is 11.3 Å². The number of nitrogens with one attached hydrogen (secondary N) is 1. The van der Waals surface area contributed by atoms with Crippen molar-refractivity contribution < 1.29 is 0 Å². The Bertz CT molecular complexity index is 701. The summed E-state index contributed by atoms with van der Waals surface area (Å²) < 4.78 is 1.85. The van der Waals surface area contributed by atoms with Gasteiger partial charge in [0.2, 0.25) is 0 Å². The lowest BCUT2D eigenvalue weighted by atomic mass is 10.2. The fraction of sp³-hybridized carbons (Fsp3) is 0.154. The minimum atomic E-state index is 0.454. The van der Waals surface area contributed by atoms with E-state index in [-0.39, 0.29) is 0 Å². The van der Waals surface area contributed by atoms with Crippen molar-refractivity contribution in [1.82, 2.24) is 19.4 Å². The Morgan fingerprint density at radius 2 is 2.21 bits per heavy atom. The van der Waals surface area contributed by atoms with Crippen molar-refractivity contribution in [3.8, 4) is 0 Å². The molecule has 96 valence electrons. The van der Waals surface area contributed by atoms with Crippen molar-refractivity contribution >= 4 is 17.3 Å². The molecule has 3 heterocycles. The summed E-state index contributed by atoms with van der Waals surface area (Å²) in [7, 11) is 0. The first kappa shape index (κ1) is 11.5. The van der Waals surface area contributed by atoms with Crippen LogP contribution >= 0.6 is 0 Å². The van der Waals surface area contributed by atoms with Crippen LogP contribution in [0, 0.1) is 6.92 Å². The number of aromatic nitrogens is 4. The summed E-state index contributed by atoms with van der Waals surface area (Å²) in [5.41, 5.74) is 8.60. The van der Waals surface area contributed by atoms with Crippen molar-refractivity contribution in [3.63, 3.8) is 0 Å². The van der Waals surface area contributed by atoms with Gasteiger partial charge in [-0.25, -0.2) is 9.97 Å². The van der Waals surface area contributed by atoms with Crippen LogP contribution < -0.4 is 11.1 Å². The fourth-order valence-corrected chi connectivity index (χ4v) is 1.86. The van der Waals surface area contributed by atoms with E-state index in [2.05, 4.69) is 20.3 Å². The molecule has 0 radical (unpaired) electrons. The number of hydrogen-bond acceptors (Lipinski definition) is 5. The molecular formula is C13H14N6. The third kappa shape index (κ3) is 2.33. The summed E-state index contributed by atoms with van der Waals surface area (Å²) in [6.07, 6.45) is 7.14. The molecule has 0 aliphatic heterocycles. The molecule has 0 amide bonds. The van der Waals surface area contributed by atoms with Gasteiger partial charge in [-0.3, -0.25) is 4.98 Å². The SMILES string of the molecule is Cc1ccc(CNc2nc(N)cn3ccnc23)cn1. The fourth-order valence-electron chi connectivity index (χ4n) is 1.86. The second-order valence-corrected chi connectivity index (χ2v) is 4.33. The van der Waals surface area contributed by atoms with Crippen LogP contribution in [0.5, 0.6) is 0 Å². The molecule has 0 saturated carbocycles. The number of nitrogens with zero attached hydrogens (tertiary/aromatic N) is 4. The quantitative estimate of drug-likeness (QED) is 0.742. The molecule has 19 heavy (non-hydrogen) atoms. The zero-order chi connectivity index (χ0) is 13.2. The molecule has 0 unspecified atom stereocenters. The average molecular weight is 254 g/mol. The Hall–Kier alpha value is -2.63. The second-order valence-electron chi connectivity index (χ2n) is 4.33. The van der Waals surface area contributed by atoms with Crippen molar-refractivity contribution in [3.05, 3.63) is 48.2 Å². The van der Waals surface area contributed by atoms with Crippen molar-refractivity contribution in [2.24, 2.45) is 0 Å². The van der Waals surface area contributed by atoms with Crippen LogP contribution in [0.2, 0.25) is 0 Å². The number of nitrogens with two attached hydrogens (primary N) is 1. The lowest BCUT2D eigenvalue weighted by molar-refractivity contribution is 1.05. The third-order valence-corrected chi connectivity index (χ3v) is 2.83. The first-order chi connectivity index (χ1) is 9.22. The highest BCUT2D eigenvalue weighted by Gasteiger charge is 2.05. The summed E-state index contributed by atoms with van der Waals surface area (Å²) in [5, 5.41) is 3.24. The number of nitrogen functional groups attached to an aromatic ring is 1. The van der Waals surface area contributed by atoms with E-state index in [1.165, 1.54) is 0 Å². The lowest BCUT2D eigenvalue weighted by Crippen LogP contribution is -2.06. The van der Waals surface area contributed by atoms with Gasteiger partial charge in [-0.05, 0) is 18.6 Å². The molecule has 0 saturated heterocycles.